The van der Waals surface area contributed by atoms with Crippen molar-refractivity contribution >= 4 is 9.84 Å². The van der Waals surface area contributed by atoms with Crippen LogP contribution in [0.4, 0.5) is 13.2 Å². The second kappa shape index (κ2) is 13.7. The maximum Gasteiger partial charge on any atom is 0.389 e. The largest absolute Gasteiger partial charge is 0.390 e. The van der Waals surface area contributed by atoms with Gasteiger partial charge in [0.2, 0.25) is 0 Å². The van der Waals surface area contributed by atoms with Gasteiger partial charge >= 0.3 is 6.18 Å². The van der Waals surface area contributed by atoms with Gasteiger partial charge in [-0.25, -0.2) is 8.42 Å². The smallest absolute Gasteiger partial charge is 0.389 e. The average molecular weight is 627 g/mol. The van der Waals surface area contributed by atoms with Crippen LogP contribution in [0.3, 0.4) is 0 Å². The molecule has 0 radical (unpaired) electrons. The molecular weight excluding hydrogens is 569 g/mol. The molecule has 3 aliphatic carbocycles. The van der Waals surface area contributed by atoms with E-state index in [1.54, 1.807) is 24.3 Å². The number of halogens is 3. The highest BCUT2D eigenvalue weighted by atomic mass is 32.2. The van der Waals surface area contributed by atoms with Crippen LogP contribution < -0.4 is 0 Å². The molecule has 1 N–H and O–H groups in total. The quantitative estimate of drug-likeness (QED) is 0.251. The van der Waals surface area contributed by atoms with Crippen LogP contribution in [0.25, 0.3) is 0 Å². The van der Waals surface area contributed by atoms with E-state index in [-0.39, 0.29) is 36.0 Å². The Hall–Kier alpha value is -1.08. The lowest BCUT2D eigenvalue weighted by Crippen LogP contribution is -2.48. The van der Waals surface area contributed by atoms with E-state index in [0.29, 0.717) is 47.8 Å². The maximum absolute atomic E-state index is 14.4. The molecule has 1 aromatic rings. The van der Waals surface area contributed by atoms with Crippen molar-refractivity contribution in [3.8, 4) is 0 Å². The highest BCUT2D eigenvalue weighted by molar-refractivity contribution is 7.92. The van der Waals surface area contributed by atoms with Crippen LogP contribution >= 0.6 is 0 Å². The lowest BCUT2D eigenvalue weighted by Gasteiger charge is -2.52. The van der Waals surface area contributed by atoms with Crippen LogP contribution in [-0.2, 0) is 9.84 Å². The third kappa shape index (κ3) is 7.67. The van der Waals surface area contributed by atoms with E-state index in [9.17, 15) is 26.7 Å². The van der Waals surface area contributed by atoms with Gasteiger partial charge in [-0.2, -0.15) is 13.2 Å². The molecule has 8 atom stereocenters. The van der Waals surface area contributed by atoms with Gasteiger partial charge in [0, 0.05) is 6.42 Å². The first kappa shape index (κ1) is 34.8. The number of benzene rings is 1. The molecule has 3 saturated carbocycles. The molecule has 0 spiro atoms. The van der Waals surface area contributed by atoms with E-state index in [1.807, 2.05) is 6.07 Å². The summed E-state index contributed by atoms with van der Waals surface area (Å²) in [5, 5.41) is 11.2. The number of fused-ring (bicyclic) bond motifs is 1. The van der Waals surface area contributed by atoms with Crippen LogP contribution in [0.1, 0.15) is 125 Å². The fraction of sp³-hybridized carbons (Fsp3) is 0.833. The van der Waals surface area contributed by atoms with Gasteiger partial charge in [0.25, 0.3) is 0 Å². The third-order valence-electron chi connectivity index (χ3n) is 12.8. The second-order valence-electron chi connectivity index (χ2n) is 15.1. The van der Waals surface area contributed by atoms with Crippen LogP contribution in [0.2, 0.25) is 0 Å². The summed E-state index contributed by atoms with van der Waals surface area (Å²) in [4.78, 5) is 0.347. The molecule has 3 aliphatic rings. The predicted molar refractivity (Wildman–Crippen MR) is 168 cm³/mol. The van der Waals surface area contributed by atoms with Crippen molar-refractivity contribution in [1.82, 2.24) is 0 Å². The van der Waals surface area contributed by atoms with Gasteiger partial charge in [0.15, 0.2) is 9.84 Å². The monoisotopic (exact) mass is 626 g/mol. The molecule has 43 heavy (non-hydrogen) atoms. The fourth-order valence-corrected chi connectivity index (χ4v) is 12.3. The minimum atomic E-state index is -4.09. The topological polar surface area (TPSA) is 54.4 Å². The molecule has 0 heterocycles. The Bertz CT molecular complexity index is 1130. The summed E-state index contributed by atoms with van der Waals surface area (Å²) >= 11 is 0. The highest BCUT2D eigenvalue weighted by Gasteiger charge is 2.57. The van der Waals surface area contributed by atoms with E-state index in [2.05, 4.69) is 34.6 Å². The normalized spacial score (nSPS) is 35.7. The summed E-state index contributed by atoms with van der Waals surface area (Å²) < 4.78 is 67.3. The number of sulfone groups is 1. The Morgan fingerprint density at radius 3 is 2.19 bits per heavy atom. The van der Waals surface area contributed by atoms with Gasteiger partial charge in [-0.1, -0.05) is 72.1 Å². The first-order valence-corrected chi connectivity index (χ1v) is 18.8. The van der Waals surface area contributed by atoms with Gasteiger partial charge in [-0.3, -0.25) is 0 Å². The molecule has 0 saturated heterocycles. The number of hydrogen-bond acceptors (Lipinski definition) is 3. The maximum atomic E-state index is 14.4. The number of rotatable bonds is 12. The zero-order valence-electron chi connectivity index (χ0n) is 27.2. The van der Waals surface area contributed by atoms with Crippen LogP contribution in [0, 0.1) is 46.8 Å². The Labute approximate surface area is 259 Å². The van der Waals surface area contributed by atoms with Crippen molar-refractivity contribution in [2.75, 3.05) is 0 Å². The molecule has 2 unspecified atom stereocenters. The van der Waals surface area contributed by atoms with Crippen molar-refractivity contribution in [3.05, 3.63) is 30.3 Å². The minimum Gasteiger partial charge on any atom is -0.390 e. The van der Waals surface area contributed by atoms with Crippen molar-refractivity contribution < 1.29 is 26.7 Å². The Morgan fingerprint density at radius 2 is 1.60 bits per heavy atom. The van der Waals surface area contributed by atoms with Crippen LogP contribution in [-0.4, -0.2) is 30.6 Å². The standard InChI is InChI=1S/C36H57F3O3S/c1-6-27-17-22-35(40,23-18-27)24-33(43(41,42)28-13-9-8-10-14-28)26(4)31-15-16-32-29(7-2)30(19-21-34(31,32)5)25(3)12-11-20-36(37,38)39/h8-10,13-14,25-27,29-33,40H,6-7,11-12,15-24H2,1-5H3/t25?,26-,27?,29+,30+,31+,32-,33?,34+,35?/m0/s1. The van der Waals surface area contributed by atoms with Gasteiger partial charge < -0.3 is 5.11 Å². The van der Waals surface area contributed by atoms with Gasteiger partial charge in [0.05, 0.1) is 15.7 Å². The van der Waals surface area contributed by atoms with Crippen molar-refractivity contribution in [1.29, 1.82) is 0 Å². The van der Waals surface area contributed by atoms with Gasteiger partial charge in [-0.05, 0) is 123 Å². The third-order valence-corrected chi connectivity index (χ3v) is 15.1. The van der Waals surface area contributed by atoms with Crippen molar-refractivity contribution in [3.63, 3.8) is 0 Å². The molecule has 3 nitrogen and oxygen atoms in total. The molecule has 1 aromatic carbocycles. The average Bonchev–Trinajstić information content (AvgIpc) is 3.32. The van der Waals surface area contributed by atoms with E-state index >= 15 is 0 Å². The Morgan fingerprint density at radius 1 is 0.953 bits per heavy atom. The Kier molecular flexibility index (Phi) is 11.1. The molecule has 3 fully saturated rings. The molecule has 0 amide bonds. The van der Waals surface area contributed by atoms with Gasteiger partial charge in [0.1, 0.15) is 0 Å². The SMILES string of the molecule is CCC1CCC(O)(CC([C@@H](C)[C@H]2CC[C@H]3[C@H](CC)[C@@H](C(C)CCCC(F)(F)F)CC[C@]23C)S(=O)(=O)c2ccccc2)CC1. The van der Waals surface area contributed by atoms with E-state index in [0.717, 1.165) is 51.4 Å². The predicted octanol–water partition coefficient (Wildman–Crippen LogP) is 10.0. The van der Waals surface area contributed by atoms with Crippen molar-refractivity contribution in [2.45, 2.75) is 146 Å². The van der Waals surface area contributed by atoms with Crippen molar-refractivity contribution in [2.24, 2.45) is 46.8 Å². The molecule has 4 rings (SSSR count). The van der Waals surface area contributed by atoms with Crippen LogP contribution in [0.5, 0.6) is 0 Å². The zero-order valence-corrected chi connectivity index (χ0v) is 28.0. The summed E-state index contributed by atoms with van der Waals surface area (Å²) in [5.74, 6) is 2.31. The molecule has 246 valence electrons. The highest BCUT2D eigenvalue weighted by Crippen LogP contribution is 2.63. The molecule has 0 aromatic heterocycles. The molecule has 0 bridgehead atoms. The van der Waals surface area contributed by atoms with E-state index < -0.39 is 33.3 Å². The van der Waals surface area contributed by atoms with Gasteiger partial charge in [-0.15, -0.1) is 0 Å². The molecule has 0 aliphatic heterocycles. The number of hydrogen-bond donors (Lipinski definition) is 1. The first-order chi connectivity index (χ1) is 20.1. The number of aliphatic hydroxyl groups is 1. The van der Waals surface area contributed by atoms with E-state index in [4.69, 9.17) is 0 Å². The number of alkyl halides is 3. The molecular formula is C36H57F3O3S. The van der Waals surface area contributed by atoms with E-state index in [1.165, 1.54) is 0 Å². The fourth-order valence-electron chi connectivity index (χ4n) is 10.2. The zero-order chi connectivity index (χ0) is 31.6. The summed E-state index contributed by atoms with van der Waals surface area (Å²) in [6.07, 6.45) is 5.65. The summed E-state index contributed by atoms with van der Waals surface area (Å²) in [6, 6.07) is 8.81. The summed E-state index contributed by atoms with van der Waals surface area (Å²) in [6.45, 7) is 11.1. The summed E-state index contributed by atoms with van der Waals surface area (Å²) in [5.41, 5.74) is -0.962. The summed E-state index contributed by atoms with van der Waals surface area (Å²) in [7, 11) is -3.68. The minimum absolute atomic E-state index is 0.00473. The second-order valence-corrected chi connectivity index (χ2v) is 17.3. The first-order valence-electron chi connectivity index (χ1n) is 17.2. The molecule has 7 heteroatoms. The lowest BCUT2D eigenvalue weighted by molar-refractivity contribution is -0.136. The Balaban J connectivity index is 1.57. The van der Waals surface area contributed by atoms with Crippen LogP contribution in [0.15, 0.2) is 35.2 Å². The lowest BCUT2D eigenvalue weighted by atomic mass is 9.54.